The summed E-state index contributed by atoms with van der Waals surface area (Å²) in [4.78, 5) is 0. The van der Waals surface area contributed by atoms with Gasteiger partial charge in [-0.3, -0.25) is 0 Å². The van der Waals surface area contributed by atoms with Crippen molar-refractivity contribution < 1.29 is 9.15 Å². The van der Waals surface area contributed by atoms with Crippen LogP contribution in [0.4, 0.5) is 0 Å². The normalized spacial score (nSPS) is 12.5. The van der Waals surface area contributed by atoms with Gasteiger partial charge in [-0.25, -0.2) is 0 Å². The number of furan rings is 1. The summed E-state index contributed by atoms with van der Waals surface area (Å²) in [5, 5.41) is 3.32. The van der Waals surface area contributed by atoms with Gasteiger partial charge in [0.1, 0.15) is 11.5 Å². The van der Waals surface area contributed by atoms with E-state index in [0.717, 1.165) is 32.7 Å². The van der Waals surface area contributed by atoms with Crippen molar-refractivity contribution in [1.82, 2.24) is 5.32 Å². The van der Waals surface area contributed by atoms with Crippen molar-refractivity contribution in [3.63, 3.8) is 0 Å². The fourth-order valence-corrected chi connectivity index (χ4v) is 2.61. The summed E-state index contributed by atoms with van der Waals surface area (Å²) in [5.41, 5.74) is 3.36. The third kappa shape index (κ3) is 2.69. The highest BCUT2D eigenvalue weighted by molar-refractivity contribution is 9.10. The first-order valence-corrected chi connectivity index (χ1v) is 6.93. The van der Waals surface area contributed by atoms with Gasteiger partial charge >= 0.3 is 0 Å². The van der Waals surface area contributed by atoms with Crippen LogP contribution in [0.5, 0.6) is 5.75 Å². The molecule has 1 atom stereocenters. The molecule has 0 amide bonds. The first-order chi connectivity index (χ1) is 9.08. The minimum atomic E-state index is 0.0469. The Hall–Kier alpha value is -1.26. The third-order valence-corrected chi connectivity index (χ3v) is 4.17. The fourth-order valence-electron chi connectivity index (χ4n) is 2.25. The molecule has 1 aromatic heterocycles. The van der Waals surface area contributed by atoms with Crippen LogP contribution in [0.3, 0.4) is 0 Å². The zero-order valence-corrected chi connectivity index (χ0v) is 13.2. The van der Waals surface area contributed by atoms with Crippen LogP contribution < -0.4 is 10.1 Å². The summed E-state index contributed by atoms with van der Waals surface area (Å²) in [6, 6.07) is 6.18. The predicted octanol–water partition coefficient (Wildman–Crippen LogP) is 3.98. The van der Waals surface area contributed by atoms with Crippen LogP contribution in [0.15, 0.2) is 33.4 Å². The molecule has 19 heavy (non-hydrogen) atoms. The number of hydrogen-bond acceptors (Lipinski definition) is 3. The zero-order valence-electron chi connectivity index (χ0n) is 11.6. The Bertz CT molecular complexity index is 578. The van der Waals surface area contributed by atoms with Crippen molar-refractivity contribution in [2.24, 2.45) is 0 Å². The molecule has 0 saturated heterocycles. The van der Waals surface area contributed by atoms with Crippen LogP contribution in [-0.2, 0) is 0 Å². The van der Waals surface area contributed by atoms with E-state index in [4.69, 9.17) is 9.15 Å². The highest BCUT2D eigenvalue weighted by Crippen LogP contribution is 2.35. The second kappa shape index (κ2) is 5.80. The first kappa shape index (κ1) is 14.2. The van der Waals surface area contributed by atoms with Gasteiger partial charge in [0.05, 0.1) is 19.4 Å². The number of hydrogen-bond donors (Lipinski definition) is 1. The van der Waals surface area contributed by atoms with E-state index in [1.54, 1.807) is 13.4 Å². The molecule has 0 radical (unpaired) electrons. The maximum Gasteiger partial charge on any atom is 0.124 e. The number of methoxy groups -OCH3 is 1. The minimum absolute atomic E-state index is 0.0469. The van der Waals surface area contributed by atoms with Crippen LogP contribution in [-0.4, -0.2) is 14.2 Å². The molecule has 1 N–H and O–H groups in total. The van der Waals surface area contributed by atoms with Crippen LogP contribution in [0, 0.1) is 13.8 Å². The van der Waals surface area contributed by atoms with Crippen LogP contribution in [0.1, 0.15) is 28.5 Å². The fraction of sp³-hybridized carbons (Fsp3) is 0.333. The SMILES string of the molecule is CNC(c1cc(Br)c(C)cc1OC)c1ccoc1C. The third-order valence-electron chi connectivity index (χ3n) is 3.32. The van der Waals surface area contributed by atoms with Gasteiger partial charge in [0, 0.05) is 15.6 Å². The quantitative estimate of drug-likeness (QED) is 0.924. The molecule has 0 aliphatic carbocycles. The molecule has 2 aromatic rings. The number of benzene rings is 1. The van der Waals surface area contributed by atoms with E-state index in [-0.39, 0.29) is 6.04 Å². The molecule has 0 bridgehead atoms. The minimum Gasteiger partial charge on any atom is -0.496 e. The first-order valence-electron chi connectivity index (χ1n) is 6.13. The number of halogens is 1. The number of nitrogens with one attached hydrogen (secondary N) is 1. The van der Waals surface area contributed by atoms with Gasteiger partial charge in [0.25, 0.3) is 0 Å². The summed E-state index contributed by atoms with van der Waals surface area (Å²) >= 11 is 3.58. The second-order valence-electron chi connectivity index (χ2n) is 4.50. The lowest BCUT2D eigenvalue weighted by molar-refractivity contribution is 0.404. The van der Waals surface area contributed by atoms with E-state index in [9.17, 15) is 0 Å². The Balaban J connectivity index is 2.55. The Morgan fingerprint density at radius 1 is 1.26 bits per heavy atom. The smallest absolute Gasteiger partial charge is 0.124 e. The molecular formula is C15H18BrNO2. The van der Waals surface area contributed by atoms with Crippen molar-refractivity contribution >= 4 is 15.9 Å². The Morgan fingerprint density at radius 3 is 2.53 bits per heavy atom. The summed E-state index contributed by atoms with van der Waals surface area (Å²) in [5.74, 6) is 1.79. The van der Waals surface area contributed by atoms with Crippen LogP contribution >= 0.6 is 15.9 Å². The van der Waals surface area contributed by atoms with Gasteiger partial charge in [-0.05, 0) is 44.7 Å². The second-order valence-corrected chi connectivity index (χ2v) is 5.35. The Morgan fingerprint density at radius 2 is 2.00 bits per heavy atom. The van der Waals surface area contributed by atoms with Crippen molar-refractivity contribution in [2.75, 3.05) is 14.2 Å². The average Bonchev–Trinajstić information content (AvgIpc) is 2.81. The van der Waals surface area contributed by atoms with E-state index in [0.29, 0.717) is 0 Å². The predicted molar refractivity (Wildman–Crippen MR) is 79.8 cm³/mol. The summed E-state index contributed by atoms with van der Waals surface area (Å²) in [6.45, 7) is 4.02. The summed E-state index contributed by atoms with van der Waals surface area (Å²) < 4.78 is 12.0. The van der Waals surface area contributed by atoms with Gasteiger partial charge in [0.2, 0.25) is 0 Å². The molecule has 1 unspecified atom stereocenters. The van der Waals surface area contributed by atoms with Gasteiger partial charge in [-0.2, -0.15) is 0 Å². The van der Waals surface area contributed by atoms with Crippen molar-refractivity contribution in [3.8, 4) is 5.75 Å². The van der Waals surface area contributed by atoms with Crippen molar-refractivity contribution in [3.05, 3.63) is 51.4 Å². The number of aryl methyl sites for hydroxylation is 2. The molecule has 4 heteroatoms. The van der Waals surface area contributed by atoms with Crippen molar-refractivity contribution in [1.29, 1.82) is 0 Å². The Kier molecular flexibility index (Phi) is 4.32. The highest BCUT2D eigenvalue weighted by atomic mass is 79.9. The van der Waals surface area contributed by atoms with Gasteiger partial charge in [-0.1, -0.05) is 15.9 Å². The molecule has 1 heterocycles. The lowest BCUT2D eigenvalue weighted by Crippen LogP contribution is -2.18. The monoisotopic (exact) mass is 323 g/mol. The number of ether oxygens (including phenoxy) is 1. The van der Waals surface area contributed by atoms with Gasteiger partial charge < -0.3 is 14.5 Å². The largest absolute Gasteiger partial charge is 0.496 e. The molecule has 102 valence electrons. The molecule has 0 saturated carbocycles. The maximum absolute atomic E-state index is 5.51. The maximum atomic E-state index is 5.51. The van der Waals surface area contributed by atoms with E-state index in [2.05, 4.69) is 27.3 Å². The highest BCUT2D eigenvalue weighted by Gasteiger charge is 2.21. The molecule has 2 rings (SSSR count). The molecule has 1 aromatic carbocycles. The summed E-state index contributed by atoms with van der Waals surface area (Å²) in [7, 11) is 3.63. The standard InChI is InChI=1S/C15H18BrNO2/c1-9-7-14(18-4)12(8-13(9)16)15(17-3)11-5-6-19-10(11)2/h5-8,15,17H,1-4H3. The molecule has 0 spiro atoms. The van der Waals surface area contributed by atoms with Crippen molar-refractivity contribution in [2.45, 2.75) is 19.9 Å². The molecule has 0 fully saturated rings. The van der Waals surface area contributed by atoms with E-state index in [1.807, 2.05) is 33.0 Å². The van der Waals surface area contributed by atoms with Gasteiger partial charge in [-0.15, -0.1) is 0 Å². The molecular weight excluding hydrogens is 306 g/mol. The average molecular weight is 324 g/mol. The van der Waals surface area contributed by atoms with Crippen LogP contribution in [0.2, 0.25) is 0 Å². The molecule has 0 aliphatic rings. The number of rotatable bonds is 4. The molecule has 0 aliphatic heterocycles. The van der Waals surface area contributed by atoms with E-state index < -0.39 is 0 Å². The topological polar surface area (TPSA) is 34.4 Å². The zero-order chi connectivity index (χ0) is 14.0. The van der Waals surface area contributed by atoms with E-state index in [1.165, 1.54) is 0 Å². The molecule has 3 nitrogen and oxygen atoms in total. The summed E-state index contributed by atoms with van der Waals surface area (Å²) in [6.07, 6.45) is 1.71. The lowest BCUT2D eigenvalue weighted by Gasteiger charge is -2.20. The van der Waals surface area contributed by atoms with Crippen LogP contribution in [0.25, 0.3) is 0 Å². The Labute approximate surface area is 122 Å². The lowest BCUT2D eigenvalue weighted by atomic mass is 9.97. The van der Waals surface area contributed by atoms with E-state index >= 15 is 0 Å². The van der Waals surface area contributed by atoms with Gasteiger partial charge in [0.15, 0.2) is 0 Å².